The van der Waals surface area contributed by atoms with Gasteiger partial charge in [-0.05, 0) is 36.5 Å². The molecule has 9 heteroatoms. The Morgan fingerprint density at radius 1 is 1.21 bits per heavy atom. The van der Waals surface area contributed by atoms with Gasteiger partial charge in [0, 0.05) is 25.2 Å². The fourth-order valence-electron chi connectivity index (χ4n) is 4.46. The number of amides is 1. The maximum Gasteiger partial charge on any atom is 0.263 e. The van der Waals surface area contributed by atoms with Crippen molar-refractivity contribution in [1.82, 2.24) is 14.9 Å². The predicted molar refractivity (Wildman–Crippen MR) is 129 cm³/mol. The molecular weight excluding hydrogens is 450 g/mol. The van der Waals surface area contributed by atoms with Crippen LogP contribution in [0.15, 0.2) is 64.5 Å². The van der Waals surface area contributed by atoms with Crippen LogP contribution in [0, 0.1) is 17.2 Å². The van der Waals surface area contributed by atoms with E-state index in [0.717, 1.165) is 5.56 Å². The van der Waals surface area contributed by atoms with Crippen molar-refractivity contribution >= 4 is 21.8 Å². The Bertz CT molecular complexity index is 1240. The van der Waals surface area contributed by atoms with Crippen molar-refractivity contribution in [1.29, 1.82) is 5.26 Å². The van der Waals surface area contributed by atoms with Crippen molar-refractivity contribution in [2.24, 2.45) is 10.9 Å². The molecule has 0 bridgehead atoms. The Morgan fingerprint density at radius 3 is 2.62 bits per heavy atom. The topological polar surface area (TPSA) is 115 Å². The van der Waals surface area contributed by atoms with Gasteiger partial charge in [-0.2, -0.15) is 5.26 Å². The second-order valence-corrected chi connectivity index (χ2v) is 11.0. The van der Waals surface area contributed by atoms with Crippen molar-refractivity contribution in [3.63, 3.8) is 0 Å². The summed E-state index contributed by atoms with van der Waals surface area (Å²) in [6.45, 7) is 5.77. The fourth-order valence-corrected chi connectivity index (χ4v) is 5.70. The van der Waals surface area contributed by atoms with Crippen molar-refractivity contribution in [3.8, 4) is 6.07 Å². The standard InChI is InChI=1S/C25H29N5O3S/c1-18(2)14-21(27-23-20-10-6-7-11-22(20)34(32,33)29-23)24(31)28-25(16-26)12-13-30(17-25)15-19-8-4-3-5-9-19/h3-11,18,21H,12-15,17H2,1-2H3,(H,27,29)(H,28,31). The molecule has 2 aromatic rings. The summed E-state index contributed by atoms with van der Waals surface area (Å²) < 4.78 is 27.4. The first-order chi connectivity index (χ1) is 16.2. The molecule has 0 radical (unpaired) electrons. The molecule has 2 aliphatic heterocycles. The molecule has 8 nitrogen and oxygen atoms in total. The summed E-state index contributed by atoms with van der Waals surface area (Å²) in [5.41, 5.74) is 0.599. The molecule has 2 atom stereocenters. The van der Waals surface area contributed by atoms with Crippen LogP contribution in [0.3, 0.4) is 0 Å². The second-order valence-electron chi connectivity index (χ2n) is 9.35. The van der Waals surface area contributed by atoms with Gasteiger partial charge >= 0.3 is 0 Å². The summed E-state index contributed by atoms with van der Waals surface area (Å²) in [5.74, 6) is -0.0584. The molecule has 2 aromatic carbocycles. The van der Waals surface area contributed by atoms with E-state index in [1.54, 1.807) is 18.2 Å². The molecule has 1 fully saturated rings. The summed E-state index contributed by atoms with van der Waals surface area (Å²) >= 11 is 0. The van der Waals surface area contributed by atoms with Gasteiger partial charge in [0.05, 0.1) is 11.0 Å². The number of likely N-dealkylation sites (tertiary alicyclic amines) is 1. The Balaban J connectivity index is 1.53. The summed E-state index contributed by atoms with van der Waals surface area (Å²) in [5, 5.41) is 12.9. The van der Waals surface area contributed by atoms with Crippen molar-refractivity contribution in [2.75, 3.05) is 13.1 Å². The first-order valence-electron chi connectivity index (χ1n) is 11.4. The molecule has 0 aromatic heterocycles. The van der Waals surface area contributed by atoms with Gasteiger partial charge in [0.25, 0.3) is 10.0 Å². The van der Waals surface area contributed by atoms with Crippen LogP contribution in [-0.4, -0.2) is 49.7 Å². The van der Waals surface area contributed by atoms with Crippen molar-refractivity contribution in [3.05, 3.63) is 65.7 Å². The third-order valence-corrected chi connectivity index (χ3v) is 7.52. The zero-order valence-electron chi connectivity index (χ0n) is 19.4. The molecule has 0 aliphatic carbocycles. The number of nitrogens with one attached hydrogen (secondary N) is 2. The lowest BCUT2D eigenvalue weighted by Crippen LogP contribution is -2.52. The number of amidine groups is 1. The van der Waals surface area contributed by atoms with Crippen LogP contribution in [0.5, 0.6) is 0 Å². The highest BCUT2D eigenvalue weighted by Gasteiger charge is 2.41. The highest BCUT2D eigenvalue weighted by Crippen LogP contribution is 2.25. The monoisotopic (exact) mass is 479 g/mol. The van der Waals surface area contributed by atoms with E-state index in [4.69, 9.17) is 0 Å². The minimum atomic E-state index is -3.70. The Labute approximate surface area is 200 Å². The lowest BCUT2D eigenvalue weighted by molar-refractivity contribution is -0.123. The zero-order valence-corrected chi connectivity index (χ0v) is 20.2. The number of nitrogens with zero attached hydrogens (tertiary/aromatic N) is 3. The smallest absolute Gasteiger partial charge is 0.263 e. The number of carbonyl (C=O) groups excluding carboxylic acids is 1. The van der Waals surface area contributed by atoms with Crippen molar-refractivity contribution in [2.45, 2.75) is 49.7 Å². The number of hydrogen-bond acceptors (Lipinski definition) is 6. The molecule has 2 unspecified atom stereocenters. The average Bonchev–Trinajstić information content (AvgIpc) is 3.32. The summed E-state index contributed by atoms with van der Waals surface area (Å²) in [4.78, 5) is 20.2. The van der Waals surface area contributed by atoms with Crippen LogP contribution >= 0.6 is 0 Å². The maximum absolute atomic E-state index is 13.4. The highest BCUT2D eigenvalue weighted by atomic mass is 32.2. The third kappa shape index (κ3) is 5.13. The zero-order chi connectivity index (χ0) is 24.3. The number of sulfonamides is 1. The minimum Gasteiger partial charge on any atom is -0.335 e. The lowest BCUT2D eigenvalue weighted by Gasteiger charge is -2.26. The Morgan fingerprint density at radius 2 is 1.91 bits per heavy atom. The fraction of sp³-hybridized carbons (Fsp3) is 0.400. The quantitative estimate of drug-likeness (QED) is 0.633. The van der Waals surface area contributed by atoms with Crippen LogP contribution in [0.25, 0.3) is 0 Å². The van der Waals surface area contributed by atoms with Crippen LogP contribution in [-0.2, 0) is 21.4 Å². The number of rotatable bonds is 7. The van der Waals surface area contributed by atoms with E-state index in [0.29, 0.717) is 38.0 Å². The largest absolute Gasteiger partial charge is 0.335 e. The molecule has 0 spiro atoms. The second kappa shape index (κ2) is 9.57. The van der Waals surface area contributed by atoms with Gasteiger partial charge in [0.15, 0.2) is 0 Å². The average molecular weight is 480 g/mol. The Kier molecular flexibility index (Phi) is 6.73. The number of benzene rings is 2. The number of fused-ring (bicyclic) bond motifs is 1. The number of aliphatic imine (C=N–C) groups is 1. The van der Waals surface area contributed by atoms with Crippen molar-refractivity contribution < 1.29 is 13.2 Å². The highest BCUT2D eigenvalue weighted by molar-refractivity contribution is 7.90. The van der Waals surface area contributed by atoms with E-state index in [1.807, 2.05) is 44.2 Å². The van der Waals surface area contributed by atoms with E-state index in [-0.39, 0.29) is 22.6 Å². The van der Waals surface area contributed by atoms with E-state index in [9.17, 15) is 18.5 Å². The first kappa shape index (κ1) is 23.9. The molecule has 2 N–H and O–H groups in total. The molecule has 0 saturated carbocycles. The first-order valence-corrected chi connectivity index (χ1v) is 12.9. The van der Waals surface area contributed by atoms with Gasteiger partial charge < -0.3 is 5.32 Å². The predicted octanol–water partition coefficient (Wildman–Crippen LogP) is 2.42. The molecule has 1 saturated heterocycles. The molecule has 2 heterocycles. The molecule has 2 aliphatic rings. The molecule has 34 heavy (non-hydrogen) atoms. The lowest BCUT2D eigenvalue weighted by atomic mass is 9.98. The van der Waals surface area contributed by atoms with Crippen LogP contribution in [0.2, 0.25) is 0 Å². The van der Waals surface area contributed by atoms with Gasteiger partial charge in [-0.25, -0.2) is 8.42 Å². The minimum absolute atomic E-state index is 0.143. The van der Waals surface area contributed by atoms with Gasteiger partial charge in [0.2, 0.25) is 5.91 Å². The van der Waals surface area contributed by atoms with Crippen LogP contribution in [0.4, 0.5) is 0 Å². The number of nitriles is 1. The van der Waals surface area contributed by atoms with E-state index < -0.39 is 21.6 Å². The van der Waals surface area contributed by atoms with Gasteiger partial charge in [-0.3, -0.25) is 19.4 Å². The third-order valence-electron chi connectivity index (χ3n) is 6.12. The summed E-state index contributed by atoms with van der Waals surface area (Å²) in [6.07, 6.45) is 0.941. The molecule has 178 valence electrons. The number of carbonyl (C=O) groups is 1. The van der Waals surface area contributed by atoms with E-state index in [1.165, 1.54) is 6.07 Å². The molecule has 1 amide bonds. The SMILES string of the molecule is CC(C)CC(N=C1NS(=O)(=O)c2ccccc21)C(=O)NC1(C#N)CCN(Cc2ccccc2)C1. The van der Waals surface area contributed by atoms with Crippen LogP contribution in [0.1, 0.15) is 37.8 Å². The van der Waals surface area contributed by atoms with Crippen LogP contribution < -0.4 is 10.0 Å². The van der Waals surface area contributed by atoms with E-state index in [2.05, 4.69) is 26.0 Å². The summed E-state index contributed by atoms with van der Waals surface area (Å²) in [7, 11) is -3.70. The van der Waals surface area contributed by atoms with Gasteiger partial charge in [-0.1, -0.05) is 56.3 Å². The van der Waals surface area contributed by atoms with Gasteiger partial charge in [0.1, 0.15) is 17.4 Å². The maximum atomic E-state index is 13.4. The molecular formula is C25H29N5O3S. The Hall–Kier alpha value is -3.22. The normalized spacial score (nSPS) is 23.3. The number of hydrogen-bond donors (Lipinski definition) is 2. The van der Waals surface area contributed by atoms with E-state index >= 15 is 0 Å². The van der Waals surface area contributed by atoms with Gasteiger partial charge in [-0.15, -0.1) is 0 Å². The molecule has 4 rings (SSSR count). The summed E-state index contributed by atoms with van der Waals surface area (Å²) in [6, 6.07) is 18.1.